The molecule has 1 heterocycles. The number of ether oxygens (including phenoxy) is 1. The first kappa shape index (κ1) is 21.8. The van der Waals surface area contributed by atoms with Gasteiger partial charge in [0.2, 0.25) is 0 Å². The van der Waals surface area contributed by atoms with Crippen molar-refractivity contribution in [3.05, 3.63) is 75.7 Å². The van der Waals surface area contributed by atoms with Gasteiger partial charge in [-0.15, -0.1) is 0 Å². The molecule has 1 atom stereocenters. The number of Topliss-reactive ketones (excluding diaryl/α,β-unsaturated/α-hetero) is 1. The first-order valence-corrected chi connectivity index (χ1v) is 11.3. The summed E-state index contributed by atoms with van der Waals surface area (Å²) in [7, 11) is 0. The molecule has 0 radical (unpaired) electrons. The Morgan fingerprint density at radius 3 is 2.71 bits per heavy atom. The van der Waals surface area contributed by atoms with Gasteiger partial charge in [-0.25, -0.2) is 4.39 Å². The topological polar surface area (TPSA) is 41.6 Å². The van der Waals surface area contributed by atoms with Gasteiger partial charge in [-0.1, -0.05) is 36.7 Å². The maximum atomic E-state index is 14.0. The number of ketones is 1. The molecule has 4 nitrogen and oxygen atoms in total. The molecular formula is C24H24ClFN2O2S. The molecule has 1 aliphatic carbocycles. The molecule has 1 unspecified atom stereocenters. The van der Waals surface area contributed by atoms with Gasteiger partial charge in [-0.05, 0) is 61.3 Å². The highest BCUT2D eigenvalue weighted by Crippen LogP contribution is 2.37. The van der Waals surface area contributed by atoms with Crippen molar-refractivity contribution in [1.29, 1.82) is 0 Å². The van der Waals surface area contributed by atoms with Crippen molar-refractivity contribution < 1.29 is 13.9 Å². The summed E-state index contributed by atoms with van der Waals surface area (Å²) >= 11 is 11.7. The number of thiocarbonyl (C=S) groups is 1. The Labute approximate surface area is 192 Å². The zero-order valence-electron chi connectivity index (χ0n) is 17.3. The number of benzene rings is 2. The summed E-state index contributed by atoms with van der Waals surface area (Å²) < 4.78 is 19.7. The maximum Gasteiger partial charge on any atom is 0.173 e. The summed E-state index contributed by atoms with van der Waals surface area (Å²) in [4.78, 5) is 14.9. The first-order chi connectivity index (χ1) is 15.0. The van der Waals surface area contributed by atoms with E-state index >= 15 is 0 Å². The number of allylic oxidation sites excluding steroid dienone is 1. The summed E-state index contributed by atoms with van der Waals surface area (Å²) in [6.07, 6.45) is 3.24. The monoisotopic (exact) mass is 458 g/mol. The van der Waals surface area contributed by atoms with E-state index in [4.69, 9.17) is 28.6 Å². The SMILES string of the molecule is CCCN1C(=S)NC(c2ccc(OCc3c(F)cccc3Cl)cc2)C2=C1CCCC2=O. The van der Waals surface area contributed by atoms with Gasteiger partial charge in [0, 0.05) is 29.8 Å². The second-order valence-electron chi connectivity index (χ2n) is 7.73. The molecule has 2 aliphatic rings. The van der Waals surface area contributed by atoms with Crippen LogP contribution < -0.4 is 10.1 Å². The molecule has 2 aromatic rings. The first-order valence-electron chi connectivity index (χ1n) is 10.5. The van der Waals surface area contributed by atoms with E-state index in [1.54, 1.807) is 12.1 Å². The van der Waals surface area contributed by atoms with Crippen LogP contribution in [0.2, 0.25) is 5.02 Å². The summed E-state index contributed by atoms with van der Waals surface area (Å²) in [5, 5.41) is 4.36. The minimum atomic E-state index is -0.393. The zero-order chi connectivity index (χ0) is 22.0. The van der Waals surface area contributed by atoms with Gasteiger partial charge in [0.25, 0.3) is 0 Å². The molecule has 0 saturated heterocycles. The van der Waals surface area contributed by atoms with Crippen LogP contribution >= 0.6 is 23.8 Å². The highest BCUT2D eigenvalue weighted by Gasteiger charge is 2.36. The van der Waals surface area contributed by atoms with Crippen molar-refractivity contribution in [2.45, 2.75) is 45.3 Å². The fraction of sp³-hybridized carbons (Fsp3) is 0.333. The second-order valence-corrected chi connectivity index (χ2v) is 8.52. The van der Waals surface area contributed by atoms with Crippen molar-refractivity contribution in [2.24, 2.45) is 0 Å². The van der Waals surface area contributed by atoms with E-state index < -0.39 is 5.82 Å². The van der Waals surface area contributed by atoms with Gasteiger partial charge in [-0.3, -0.25) is 4.79 Å². The lowest BCUT2D eigenvalue weighted by atomic mass is 9.85. The van der Waals surface area contributed by atoms with Gasteiger partial charge in [-0.2, -0.15) is 0 Å². The van der Waals surface area contributed by atoms with Gasteiger partial charge in [0.05, 0.1) is 11.1 Å². The summed E-state index contributed by atoms with van der Waals surface area (Å²) in [5.41, 5.74) is 3.14. The van der Waals surface area contributed by atoms with E-state index in [2.05, 4.69) is 17.1 Å². The van der Waals surface area contributed by atoms with E-state index in [9.17, 15) is 9.18 Å². The second kappa shape index (κ2) is 9.37. The van der Waals surface area contributed by atoms with Crippen molar-refractivity contribution in [3.63, 3.8) is 0 Å². The van der Waals surface area contributed by atoms with Gasteiger partial charge in [0.1, 0.15) is 18.2 Å². The minimum Gasteiger partial charge on any atom is -0.489 e. The number of carbonyl (C=O) groups excluding carboxylic acids is 1. The molecule has 7 heteroatoms. The molecule has 0 bridgehead atoms. The lowest BCUT2D eigenvalue weighted by Gasteiger charge is -2.41. The van der Waals surface area contributed by atoms with Crippen molar-refractivity contribution >= 4 is 34.7 Å². The summed E-state index contributed by atoms with van der Waals surface area (Å²) in [6, 6.07) is 11.8. The van der Waals surface area contributed by atoms with Gasteiger partial charge >= 0.3 is 0 Å². The average molecular weight is 459 g/mol. The van der Waals surface area contributed by atoms with Crippen LogP contribution in [0.3, 0.4) is 0 Å². The van der Waals surface area contributed by atoms with Crippen molar-refractivity contribution in [3.8, 4) is 5.75 Å². The fourth-order valence-corrected chi connectivity index (χ4v) is 4.68. The summed E-state index contributed by atoms with van der Waals surface area (Å²) in [5.74, 6) is 0.381. The molecule has 162 valence electrons. The van der Waals surface area contributed by atoms with Crippen LogP contribution in [0.5, 0.6) is 5.75 Å². The third-order valence-electron chi connectivity index (χ3n) is 5.66. The molecule has 0 amide bonds. The standard InChI is InChI=1S/C24H24ClFN2O2S/c1-2-13-28-20-7-4-8-21(29)22(20)23(27-24(28)31)15-9-11-16(12-10-15)30-14-17-18(25)5-3-6-19(17)26/h3,5-6,9-12,23H,2,4,7-8,13-14H2,1H3,(H,27,31). The molecule has 0 saturated carbocycles. The Morgan fingerprint density at radius 2 is 2.00 bits per heavy atom. The number of nitrogens with zero attached hydrogens (tertiary/aromatic N) is 1. The lowest BCUT2D eigenvalue weighted by molar-refractivity contribution is -0.116. The third kappa shape index (κ3) is 4.46. The van der Waals surface area contributed by atoms with Crippen LogP contribution in [0, 0.1) is 5.82 Å². The number of nitrogens with one attached hydrogen (secondary N) is 1. The highest BCUT2D eigenvalue weighted by atomic mass is 35.5. The van der Waals surface area contributed by atoms with E-state index in [0.29, 0.717) is 27.9 Å². The van der Waals surface area contributed by atoms with Gasteiger partial charge < -0.3 is 15.0 Å². The van der Waals surface area contributed by atoms with Crippen LogP contribution in [0.4, 0.5) is 4.39 Å². The molecule has 1 N–H and O–H groups in total. The number of halogens is 2. The fourth-order valence-electron chi connectivity index (χ4n) is 4.14. The normalized spacial score (nSPS) is 18.7. The van der Waals surface area contributed by atoms with E-state index in [1.807, 2.05) is 24.3 Å². The van der Waals surface area contributed by atoms with E-state index in [-0.39, 0.29) is 18.4 Å². The van der Waals surface area contributed by atoms with Crippen LogP contribution in [0.15, 0.2) is 53.7 Å². The Kier molecular flexibility index (Phi) is 6.58. The third-order valence-corrected chi connectivity index (χ3v) is 6.35. The molecule has 31 heavy (non-hydrogen) atoms. The summed E-state index contributed by atoms with van der Waals surface area (Å²) in [6.45, 7) is 2.94. The Balaban J connectivity index is 1.56. The largest absolute Gasteiger partial charge is 0.489 e. The van der Waals surface area contributed by atoms with Crippen molar-refractivity contribution in [2.75, 3.05) is 6.54 Å². The quantitative estimate of drug-likeness (QED) is 0.562. The van der Waals surface area contributed by atoms with Crippen LogP contribution in [-0.2, 0) is 11.4 Å². The van der Waals surface area contributed by atoms with Crippen LogP contribution in [0.1, 0.15) is 49.8 Å². The number of hydrogen-bond acceptors (Lipinski definition) is 3. The van der Waals surface area contributed by atoms with Crippen LogP contribution in [-0.4, -0.2) is 22.3 Å². The average Bonchev–Trinajstić information content (AvgIpc) is 2.76. The number of rotatable bonds is 6. The Bertz CT molecular complexity index is 1020. The number of hydrogen-bond donors (Lipinski definition) is 1. The molecule has 0 spiro atoms. The minimum absolute atomic E-state index is 0.0381. The number of carbonyl (C=O) groups is 1. The molecule has 4 rings (SSSR count). The van der Waals surface area contributed by atoms with E-state index in [0.717, 1.165) is 42.6 Å². The Morgan fingerprint density at radius 1 is 1.23 bits per heavy atom. The molecule has 2 aromatic carbocycles. The predicted octanol–water partition coefficient (Wildman–Crippen LogP) is 5.71. The highest BCUT2D eigenvalue weighted by molar-refractivity contribution is 7.80. The molecule has 1 aliphatic heterocycles. The molecule has 0 aromatic heterocycles. The lowest BCUT2D eigenvalue weighted by Crippen LogP contribution is -2.49. The molecule has 0 fully saturated rings. The smallest absolute Gasteiger partial charge is 0.173 e. The predicted molar refractivity (Wildman–Crippen MR) is 124 cm³/mol. The zero-order valence-corrected chi connectivity index (χ0v) is 18.9. The van der Waals surface area contributed by atoms with Crippen molar-refractivity contribution in [1.82, 2.24) is 10.2 Å². The van der Waals surface area contributed by atoms with E-state index in [1.165, 1.54) is 6.07 Å². The molecular weight excluding hydrogens is 435 g/mol. The maximum absolute atomic E-state index is 14.0. The van der Waals surface area contributed by atoms with Crippen LogP contribution in [0.25, 0.3) is 0 Å². The van der Waals surface area contributed by atoms with Gasteiger partial charge in [0.15, 0.2) is 10.9 Å². The Hall–Kier alpha value is -2.44.